The molecule has 9 nitrogen and oxygen atoms in total. The van der Waals surface area contributed by atoms with Crippen molar-refractivity contribution in [3.63, 3.8) is 0 Å². The SMILES string of the molecule is CCOC(=O)[C@H]1CCCN(C(=O)CCc2nnc(-c3ccc(OCC4CCC4)cc3)[nH]c2=O)C1. The Balaban J connectivity index is 1.30. The summed E-state index contributed by atoms with van der Waals surface area (Å²) in [6.07, 6.45) is 5.57. The van der Waals surface area contributed by atoms with Gasteiger partial charge in [0.05, 0.1) is 19.1 Å². The minimum Gasteiger partial charge on any atom is -0.493 e. The molecule has 2 aliphatic rings. The Labute approximate surface area is 198 Å². The van der Waals surface area contributed by atoms with E-state index in [1.54, 1.807) is 11.8 Å². The molecule has 0 radical (unpaired) electrons. The largest absolute Gasteiger partial charge is 0.493 e. The number of benzene rings is 1. The van der Waals surface area contributed by atoms with Gasteiger partial charge < -0.3 is 19.4 Å². The van der Waals surface area contributed by atoms with E-state index in [0.717, 1.165) is 30.8 Å². The molecule has 1 atom stereocenters. The molecule has 1 aliphatic heterocycles. The van der Waals surface area contributed by atoms with Gasteiger partial charge in [-0.1, -0.05) is 6.42 Å². The number of hydrogen-bond donors (Lipinski definition) is 1. The molecule has 1 amide bonds. The van der Waals surface area contributed by atoms with Crippen LogP contribution in [0.5, 0.6) is 5.75 Å². The quantitative estimate of drug-likeness (QED) is 0.563. The third-order valence-corrected chi connectivity index (χ3v) is 6.57. The van der Waals surface area contributed by atoms with Crippen LogP contribution >= 0.6 is 0 Å². The molecule has 1 aromatic heterocycles. The van der Waals surface area contributed by atoms with Crippen LogP contribution in [0.1, 0.15) is 51.1 Å². The highest BCUT2D eigenvalue weighted by atomic mass is 16.5. The summed E-state index contributed by atoms with van der Waals surface area (Å²) < 4.78 is 10.9. The minimum absolute atomic E-state index is 0.100. The minimum atomic E-state index is -0.355. The number of carbonyl (C=O) groups is 2. The first kappa shape index (κ1) is 23.9. The molecule has 34 heavy (non-hydrogen) atoms. The zero-order valence-corrected chi connectivity index (χ0v) is 19.6. The topological polar surface area (TPSA) is 114 Å². The van der Waals surface area contributed by atoms with Crippen LogP contribution in [0.25, 0.3) is 11.4 Å². The number of amides is 1. The number of aromatic nitrogens is 3. The summed E-state index contributed by atoms with van der Waals surface area (Å²) in [5.41, 5.74) is 0.601. The van der Waals surface area contributed by atoms with Gasteiger partial charge in [-0.25, -0.2) is 0 Å². The van der Waals surface area contributed by atoms with E-state index in [1.807, 2.05) is 24.3 Å². The molecule has 1 saturated heterocycles. The normalized spacial score (nSPS) is 18.3. The average Bonchev–Trinajstić information content (AvgIpc) is 2.83. The first-order valence-electron chi connectivity index (χ1n) is 12.2. The van der Waals surface area contributed by atoms with Gasteiger partial charge in [-0.2, -0.15) is 0 Å². The second-order valence-corrected chi connectivity index (χ2v) is 9.01. The third-order valence-electron chi connectivity index (χ3n) is 6.57. The molecule has 9 heteroatoms. The van der Waals surface area contributed by atoms with Gasteiger partial charge in [0.1, 0.15) is 11.4 Å². The smallest absolute Gasteiger partial charge is 0.310 e. The van der Waals surface area contributed by atoms with Gasteiger partial charge in [-0.15, -0.1) is 10.2 Å². The molecule has 0 spiro atoms. The van der Waals surface area contributed by atoms with Crippen LogP contribution in [0, 0.1) is 11.8 Å². The van der Waals surface area contributed by atoms with E-state index in [1.165, 1.54) is 19.3 Å². The molecule has 1 N–H and O–H groups in total. The number of aromatic amines is 1. The van der Waals surface area contributed by atoms with Crippen LogP contribution in [0.3, 0.4) is 0 Å². The number of hydrogen-bond acceptors (Lipinski definition) is 7. The summed E-state index contributed by atoms with van der Waals surface area (Å²) in [5, 5.41) is 8.22. The summed E-state index contributed by atoms with van der Waals surface area (Å²) in [5.74, 6) is 1.20. The van der Waals surface area contributed by atoms with Crippen molar-refractivity contribution < 1.29 is 19.1 Å². The third kappa shape index (κ3) is 6.01. The van der Waals surface area contributed by atoms with Crippen LogP contribution in [0.15, 0.2) is 29.1 Å². The van der Waals surface area contributed by atoms with Gasteiger partial charge >= 0.3 is 5.97 Å². The second kappa shape index (κ2) is 11.3. The molecular weight excluding hydrogens is 436 g/mol. The monoisotopic (exact) mass is 468 g/mol. The van der Waals surface area contributed by atoms with Crippen molar-refractivity contribution in [3.05, 3.63) is 40.3 Å². The Bertz CT molecular complexity index is 1050. The number of nitrogens with zero attached hydrogens (tertiary/aromatic N) is 3. The molecule has 2 fully saturated rings. The van der Waals surface area contributed by atoms with E-state index >= 15 is 0 Å². The van der Waals surface area contributed by atoms with Crippen molar-refractivity contribution >= 4 is 11.9 Å². The van der Waals surface area contributed by atoms with Crippen molar-refractivity contribution in [1.82, 2.24) is 20.1 Å². The number of esters is 1. The number of ether oxygens (including phenoxy) is 2. The first-order chi connectivity index (χ1) is 16.5. The molecule has 182 valence electrons. The summed E-state index contributed by atoms with van der Waals surface area (Å²) in [6.45, 7) is 3.81. The molecule has 1 aromatic carbocycles. The van der Waals surface area contributed by atoms with Crippen molar-refractivity contribution in [2.45, 2.75) is 51.9 Å². The van der Waals surface area contributed by atoms with Crippen molar-refractivity contribution in [3.8, 4) is 17.1 Å². The Kier molecular flexibility index (Phi) is 7.92. The fourth-order valence-electron chi connectivity index (χ4n) is 4.28. The van der Waals surface area contributed by atoms with E-state index in [2.05, 4.69) is 15.2 Å². The van der Waals surface area contributed by atoms with Crippen molar-refractivity contribution in [2.24, 2.45) is 11.8 Å². The highest BCUT2D eigenvalue weighted by molar-refractivity contribution is 5.78. The van der Waals surface area contributed by atoms with Crippen molar-refractivity contribution in [2.75, 3.05) is 26.3 Å². The number of aryl methyl sites for hydroxylation is 1. The van der Waals surface area contributed by atoms with Gasteiger partial charge in [0.25, 0.3) is 5.56 Å². The van der Waals surface area contributed by atoms with E-state index in [4.69, 9.17) is 9.47 Å². The lowest BCUT2D eigenvalue weighted by Gasteiger charge is -2.31. The lowest BCUT2D eigenvalue weighted by Crippen LogP contribution is -2.43. The molecular formula is C25H32N4O5. The second-order valence-electron chi connectivity index (χ2n) is 9.01. The van der Waals surface area contributed by atoms with Gasteiger partial charge in [0.15, 0.2) is 5.82 Å². The summed E-state index contributed by atoms with van der Waals surface area (Å²) in [6, 6.07) is 7.41. The molecule has 2 heterocycles. The van der Waals surface area contributed by atoms with Crippen LogP contribution in [0.2, 0.25) is 0 Å². The molecule has 4 rings (SSSR count). The van der Waals surface area contributed by atoms with Gasteiger partial charge in [-0.05, 0) is 62.8 Å². The van der Waals surface area contributed by atoms with Gasteiger partial charge in [0, 0.05) is 31.5 Å². The average molecular weight is 469 g/mol. The number of piperidine rings is 1. The maximum atomic E-state index is 12.6. The zero-order valence-electron chi connectivity index (χ0n) is 19.6. The first-order valence-corrected chi connectivity index (χ1v) is 12.2. The highest BCUT2D eigenvalue weighted by Crippen LogP contribution is 2.27. The van der Waals surface area contributed by atoms with E-state index in [9.17, 15) is 14.4 Å². The van der Waals surface area contributed by atoms with Crippen molar-refractivity contribution in [1.29, 1.82) is 0 Å². The Morgan fingerprint density at radius 2 is 1.91 bits per heavy atom. The summed E-state index contributed by atoms with van der Waals surface area (Å²) >= 11 is 0. The Morgan fingerprint density at radius 3 is 2.59 bits per heavy atom. The van der Waals surface area contributed by atoms with E-state index < -0.39 is 0 Å². The van der Waals surface area contributed by atoms with Crippen LogP contribution in [-0.4, -0.2) is 58.3 Å². The molecule has 0 unspecified atom stereocenters. The lowest BCUT2D eigenvalue weighted by molar-refractivity contribution is -0.151. The number of carbonyl (C=O) groups excluding carboxylic acids is 2. The molecule has 0 bridgehead atoms. The number of H-pyrrole nitrogens is 1. The standard InChI is InChI=1S/C25H32N4O5/c1-2-33-25(32)19-7-4-14-29(15-19)22(30)13-12-21-24(31)26-23(28-27-21)18-8-10-20(11-9-18)34-16-17-5-3-6-17/h8-11,17,19H,2-7,12-16H2,1H3,(H,26,28,31)/t19-/m0/s1. The van der Waals surface area contributed by atoms with Crippen LogP contribution < -0.4 is 10.3 Å². The fraction of sp³-hybridized carbons (Fsp3) is 0.560. The number of nitrogens with one attached hydrogen (secondary N) is 1. The number of rotatable bonds is 9. The molecule has 1 aliphatic carbocycles. The maximum Gasteiger partial charge on any atom is 0.310 e. The molecule has 1 saturated carbocycles. The Hall–Kier alpha value is -3.23. The molecule has 2 aromatic rings. The predicted octanol–water partition coefficient (Wildman–Crippen LogP) is 2.75. The van der Waals surface area contributed by atoms with Gasteiger partial charge in [-0.3, -0.25) is 14.4 Å². The Morgan fingerprint density at radius 1 is 1.12 bits per heavy atom. The fourth-order valence-corrected chi connectivity index (χ4v) is 4.28. The van der Waals surface area contributed by atoms with E-state index in [-0.39, 0.29) is 41.9 Å². The summed E-state index contributed by atoms with van der Waals surface area (Å²) in [4.78, 5) is 41.6. The van der Waals surface area contributed by atoms with Crippen LogP contribution in [0.4, 0.5) is 0 Å². The maximum absolute atomic E-state index is 12.6. The lowest BCUT2D eigenvalue weighted by atomic mass is 9.86. The summed E-state index contributed by atoms with van der Waals surface area (Å²) in [7, 11) is 0. The van der Waals surface area contributed by atoms with E-state index in [0.29, 0.717) is 31.4 Å². The van der Waals surface area contributed by atoms with Gasteiger partial charge in [0.2, 0.25) is 5.91 Å². The number of likely N-dealkylation sites (tertiary alicyclic amines) is 1. The zero-order chi connectivity index (χ0) is 23.9. The predicted molar refractivity (Wildman–Crippen MR) is 125 cm³/mol. The van der Waals surface area contributed by atoms with Crippen LogP contribution in [-0.2, 0) is 20.7 Å². The highest BCUT2D eigenvalue weighted by Gasteiger charge is 2.29.